The van der Waals surface area contributed by atoms with E-state index in [1.54, 1.807) is 7.11 Å². The maximum atomic E-state index is 13.0. The van der Waals surface area contributed by atoms with E-state index < -0.39 is 5.82 Å². The average Bonchev–Trinajstić information content (AvgIpc) is 2.51. The number of carbonyl (C=O) groups is 1. The standard InChI is InChI=1S/C16H15ClFNO2S/c1-21-13-5-2-11(3-6-13)9-22-10-16(20)19-12-4-7-15(18)14(17)8-12/h2-8H,9-10H2,1H3,(H,19,20). The van der Waals surface area contributed by atoms with E-state index in [0.717, 1.165) is 17.1 Å². The van der Waals surface area contributed by atoms with Gasteiger partial charge in [0.15, 0.2) is 0 Å². The Morgan fingerprint density at radius 1 is 1.27 bits per heavy atom. The average molecular weight is 340 g/mol. The normalized spacial score (nSPS) is 10.3. The number of hydrogen-bond acceptors (Lipinski definition) is 3. The molecule has 0 heterocycles. The maximum absolute atomic E-state index is 13.0. The van der Waals surface area contributed by atoms with Crippen molar-refractivity contribution in [3.05, 3.63) is 58.9 Å². The Morgan fingerprint density at radius 3 is 2.64 bits per heavy atom. The second-order valence-corrected chi connectivity index (χ2v) is 5.91. The second kappa shape index (κ2) is 8.06. The van der Waals surface area contributed by atoms with Gasteiger partial charge in [0.1, 0.15) is 11.6 Å². The molecule has 0 aromatic heterocycles. The topological polar surface area (TPSA) is 38.3 Å². The number of thioether (sulfide) groups is 1. The third-order valence-corrected chi connectivity index (χ3v) is 4.16. The molecule has 0 fully saturated rings. The second-order valence-electron chi connectivity index (χ2n) is 4.52. The van der Waals surface area contributed by atoms with Gasteiger partial charge in [-0.05, 0) is 35.9 Å². The highest BCUT2D eigenvalue weighted by Gasteiger charge is 2.06. The van der Waals surface area contributed by atoms with Gasteiger partial charge >= 0.3 is 0 Å². The summed E-state index contributed by atoms with van der Waals surface area (Å²) in [5, 5.41) is 2.67. The molecule has 0 aliphatic heterocycles. The van der Waals surface area contributed by atoms with Crippen LogP contribution in [0.15, 0.2) is 42.5 Å². The van der Waals surface area contributed by atoms with E-state index in [1.165, 1.54) is 30.0 Å². The fraction of sp³-hybridized carbons (Fsp3) is 0.188. The molecule has 22 heavy (non-hydrogen) atoms. The Labute approximate surface area is 137 Å². The molecule has 3 nitrogen and oxygen atoms in total. The quantitative estimate of drug-likeness (QED) is 0.849. The van der Waals surface area contributed by atoms with E-state index in [1.807, 2.05) is 24.3 Å². The summed E-state index contributed by atoms with van der Waals surface area (Å²) >= 11 is 7.16. The molecule has 0 atom stereocenters. The van der Waals surface area contributed by atoms with Crippen LogP contribution in [0.2, 0.25) is 5.02 Å². The predicted octanol–water partition coefficient (Wildman–Crippen LogP) is 4.36. The van der Waals surface area contributed by atoms with E-state index in [0.29, 0.717) is 11.4 Å². The van der Waals surface area contributed by atoms with Gasteiger partial charge < -0.3 is 10.1 Å². The van der Waals surface area contributed by atoms with Crippen LogP contribution in [0, 0.1) is 5.82 Å². The molecule has 0 unspecified atom stereocenters. The summed E-state index contributed by atoms with van der Waals surface area (Å²) in [6, 6.07) is 11.8. The van der Waals surface area contributed by atoms with E-state index in [-0.39, 0.29) is 10.9 Å². The van der Waals surface area contributed by atoms with Gasteiger partial charge in [0.05, 0.1) is 17.9 Å². The van der Waals surface area contributed by atoms with Crippen molar-refractivity contribution in [2.75, 3.05) is 18.2 Å². The minimum atomic E-state index is -0.506. The number of halogens is 2. The molecule has 0 aliphatic carbocycles. The Bertz CT molecular complexity index is 649. The number of hydrogen-bond donors (Lipinski definition) is 1. The van der Waals surface area contributed by atoms with Crippen molar-refractivity contribution in [2.45, 2.75) is 5.75 Å². The van der Waals surface area contributed by atoms with Crippen molar-refractivity contribution in [1.29, 1.82) is 0 Å². The van der Waals surface area contributed by atoms with Crippen molar-refractivity contribution in [1.82, 2.24) is 0 Å². The number of amides is 1. The first-order chi connectivity index (χ1) is 10.6. The number of benzene rings is 2. The summed E-state index contributed by atoms with van der Waals surface area (Å²) < 4.78 is 18.1. The molecule has 0 saturated carbocycles. The zero-order valence-electron chi connectivity index (χ0n) is 11.9. The van der Waals surface area contributed by atoms with Gasteiger partial charge in [-0.3, -0.25) is 4.79 Å². The lowest BCUT2D eigenvalue weighted by Crippen LogP contribution is -2.14. The summed E-state index contributed by atoms with van der Waals surface area (Å²) in [6.45, 7) is 0. The lowest BCUT2D eigenvalue weighted by Gasteiger charge is -2.06. The molecular weight excluding hydrogens is 325 g/mol. The maximum Gasteiger partial charge on any atom is 0.234 e. The SMILES string of the molecule is COc1ccc(CSCC(=O)Nc2ccc(F)c(Cl)c2)cc1. The highest BCUT2D eigenvalue weighted by atomic mass is 35.5. The molecule has 2 aromatic carbocycles. The van der Waals surface area contributed by atoms with E-state index in [9.17, 15) is 9.18 Å². The molecule has 6 heteroatoms. The number of methoxy groups -OCH3 is 1. The number of carbonyl (C=O) groups excluding carboxylic acids is 1. The number of rotatable bonds is 6. The largest absolute Gasteiger partial charge is 0.497 e. The first kappa shape index (κ1) is 16.6. The fourth-order valence-corrected chi connectivity index (χ4v) is 2.72. The van der Waals surface area contributed by atoms with Crippen LogP contribution in [0.5, 0.6) is 5.75 Å². The van der Waals surface area contributed by atoms with Crippen LogP contribution in [0.4, 0.5) is 10.1 Å². The molecule has 0 spiro atoms. The van der Waals surface area contributed by atoms with Crippen molar-refractivity contribution < 1.29 is 13.9 Å². The third kappa shape index (κ3) is 4.93. The van der Waals surface area contributed by atoms with Gasteiger partial charge in [-0.25, -0.2) is 4.39 Å². The van der Waals surface area contributed by atoms with Crippen molar-refractivity contribution >= 4 is 35.0 Å². The van der Waals surface area contributed by atoms with Crippen LogP contribution in [-0.2, 0) is 10.5 Å². The van der Waals surface area contributed by atoms with E-state index in [2.05, 4.69) is 5.32 Å². The lowest BCUT2D eigenvalue weighted by atomic mass is 10.2. The van der Waals surface area contributed by atoms with Gasteiger partial charge in [0.2, 0.25) is 5.91 Å². The highest BCUT2D eigenvalue weighted by molar-refractivity contribution is 7.99. The van der Waals surface area contributed by atoms with Gasteiger partial charge in [-0.1, -0.05) is 23.7 Å². The fourth-order valence-electron chi connectivity index (χ4n) is 1.75. The molecule has 0 radical (unpaired) electrons. The van der Waals surface area contributed by atoms with Crippen LogP contribution in [0.25, 0.3) is 0 Å². The molecular formula is C16H15ClFNO2S. The van der Waals surface area contributed by atoms with E-state index in [4.69, 9.17) is 16.3 Å². The number of anilines is 1. The zero-order chi connectivity index (χ0) is 15.9. The summed E-state index contributed by atoms with van der Waals surface area (Å²) in [4.78, 5) is 11.8. The third-order valence-electron chi connectivity index (χ3n) is 2.86. The zero-order valence-corrected chi connectivity index (χ0v) is 13.5. The van der Waals surface area contributed by atoms with Gasteiger partial charge in [-0.15, -0.1) is 11.8 Å². The highest BCUT2D eigenvalue weighted by Crippen LogP contribution is 2.20. The molecule has 1 amide bonds. The monoisotopic (exact) mass is 339 g/mol. The molecule has 0 bridgehead atoms. The van der Waals surface area contributed by atoms with Gasteiger partial charge in [0.25, 0.3) is 0 Å². The van der Waals surface area contributed by atoms with E-state index >= 15 is 0 Å². The van der Waals surface area contributed by atoms with Crippen molar-refractivity contribution in [3.8, 4) is 5.75 Å². The smallest absolute Gasteiger partial charge is 0.234 e. The number of ether oxygens (including phenoxy) is 1. The number of nitrogens with one attached hydrogen (secondary N) is 1. The first-order valence-electron chi connectivity index (χ1n) is 6.54. The minimum absolute atomic E-state index is 0.0105. The molecule has 0 saturated heterocycles. The summed E-state index contributed by atoms with van der Waals surface area (Å²) in [6.07, 6.45) is 0. The van der Waals surface area contributed by atoms with Crippen molar-refractivity contribution in [2.24, 2.45) is 0 Å². The molecule has 2 rings (SSSR count). The molecule has 0 aliphatic rings. The Balaban J connectivity index is 1.78. The van der Waals surface area contributed by atoms with Crippen LogP contribution in [0.1, 0.15) is 5.56 Å². The van der Waals surface area contributed by atoms with Crippen molar-refractivity contribution in [3.63, 3.8) is 0 Å². The Morgan fingerprint density at radius 2 is 2.00 bits per heavy atom. The predicted molar refractivity (Wildman–Crippen MR) is 89.2 cm³/mol. The van der Waals surface area contributed by atoms with Gasteiger partial charge in [-0.2, -0.15) is 0 Å². The summed E-state index contributed by atoms with van der Waals surface area (Å²) in [5.41, 5.74) is 1.60. The van der Waals surface area contributed by atoms with Crippen LogP contribution in [-0.4, -0.2) is 18.8 Å². The Kier molecular flexibility index (Phi) is 6.10. The minimum Gasteiger partial charge on any atom is -0.497 e. The molecule has 116 valence electrons. The van der Waals surface area contributed by atoms with Crippen LogP contribution < -0.4 is 10.1 Å². The lowest BCUT2D eigenvalue weighted by molar-refractivity contribution is -0.113. The summed E-state index contributed by atoms with van der Waals surface area (Å²) in [7, 11) is 1.62. The Hall–Kier alpha value is -1.72. The first-order valence-corrected chi connectivity index (χ1v) is 8.07. The van der Waals surface area contributed by atoms with Crippen LogP contribution in [0.3, 0.4) is 0 Å². The molecule has 1 N–H and O–H groups in total. The van der Waals surface area contributed by atoms with Crippen LogP contribution >= 0.6 is 23.4 Å². The van der Waals surface area contributed by atoms with Gasteiger partial charge in [0, 0.05) is 11.4 Å². The summed E-state index contributed by atoms with van der Waals surface area (Å²) in [5.74, 6) is 1.18. The molecule has 2 aromatic rings.